The molecule has 0 unspecified atom stereocenters. The van der Waals surface area contributed by atoms with E-state index in [1.165, 1.54) is 4.31 Å². The van der Waals surface area contributed by atoms with Gasteiger partial charge in [-0.05, 0) is 32.7 Å². The fraction of sp³-hybridized carbons (Fsp3) is 1.00. The van der Waals surface area contributed by atoms with Crippen LogP contribution in [0.1, 0.15) is 39.5 Å². The molecular formula is C11H25N3O2S. The molecule has 0 heterocycles. The third-order valence-electron chi connectivity index (χ3n) is 3.50. The van der Waals surface area contributed by atoms with Gasteiger partial charge in [0.25, 0.3) is 10.2 Å². The van der Waals surface area contributed by atoms with Crippen molar-refractivity contribution in [1.29, 1.82) is 0 Å². The highest BCUT2D eigenvalue weighted by Crippen LogP contribution is 2.19. The molecule has 0 aromatic heterocycles. The van der Waals surface area contributed by atoms with E-state index in [1.54, 1.807) is 0 Å². The molecule has 1 saturated carbocycles. The molecule has 1 rings (SSSR count). The Morgan fingerprint density at radius 2 is 1.53 bits per heavy atom. The maximum absolute atomic E-state index is 12.0. The molecule has 5 nitrogen and oxygen atoms in total. The van der Waals surface area contributed by atoms with Gasteiger partial charge in [0.15, 0.2) is 0 Å². The van der Waals surface area contributed by atoms with Crippen molar-refractivity contribution in [3.63, 3.8) is 0 Å². The van der Waals surface area contributed by atoms with Crippen molar-refractivity contribution >= 4 is 10.2 Å². The molecule has 0 aromatic rings. The van der Waals surface area contributed by atoms with Gasteiger partial charge >= 0.3 is 0 Å². The van der Waals surface area contributed by atoms with E-state index in [-0.39, 0.29) is 6.04 Å². The molecule has 0 radical (unpaired) electrons. The summed E-state index contributed by atoms with van der Waals surface area (Å²) in [5.41, 5.74) is 0. The minimum absolute atomic E-state index is 0.102. The van der Waals surface area contributed by atoms with Crippen LogP contribution in [0.25, 0.3) is 0 Å². The van der Waals surface area contributed by atoms with E-state index >= 15 is 0 Å². The first-order valence-corrected chi connectivity index (χ1v) is 7.92. The van der Waals surface area contributed by atoms with Crippen LogP contribution in [0.15, 0.2) is 0 Å². The Morgan fingerprint density at radius 3 is 1.94 bits per heavy atom. The second-order valence-electron chi connectivity index (χ2n) is 4.54. The van der Waals surface area contributed by atoms with Gasteiger partial charge in [-0.3, -0.25) is 0 Å². The lowest BCUT2D eigenvalue weighted by Crippen LogP contribution is -2.47. The van der Waals surface area contributed by atoms with Crippen LogP contribution < -0.4 is 10.0 Å². The SMILES string of the molecule is CCN(CC)S(=O)(=O)NC1CCC(NC)CC1. The zero-order valence-electron chi connectivity index (χ0n) is 11.1. The molecule has 2 N–H and O–H groups in total. The summed E-state index contributed by atoms with van der Waals surface area (Å²) in [4.78, 5) is 0. The van der Waals surface area contributed by atoms with Gasteiger partial charge in [0.05, 0.1) is 0 Å². The number of hydrogen-bond donors (Lipinski definition) is 2. The number of rotatable bonds is 6. The highest BCUT2D eigenvalue weighted by molar-refractivity contribution is 7.87. The lowest BCUT2D eigenvalue weighted by atomic mass is 9.92. The zero-order valence-corrected chi connectivity index (χ0v) is 11.9. The normalized spacial score (nSPS) is 26.4. The molecule has 0 aliphatic heterocycles. The highest BCUT2D eigenvalue weighted by Gasteiger charge is 2.26. The minimum Gasteiger partial charge on any atom is -0.317 e. The average molecular weight is 263 g/mol. The zero-order chi connectivity index (χ0) is 12.9. The van der Waals surface area contributed by atoms with Crippen molar-refractivity contribution < 1.29 is 8.42 Å². The van der Waals surface area contributed by atoms with E-state index in [9.17, 15) is 8.42 Å². The monoisotopic (exact) mass is 263 g/mol. The van der Waals surface area contributed by atoms with Crippen LogP contribution >= 0.6 is 0 Å². The fourth-order valence-corrected chi connectivity index (χ4v) is 3.83. The lowest BCUT2D eigenvalue weighted by Gasteiger charge is -2.30. The number of hydrogen-bond acceptors (Lipinski definition) is 3. The predicted octanol–water partition coefficient (Wildman–Crippen LogP) is 0.693. The van der Waals surface area contributed by atoms with Gasteiger partial charge < -0.3 is 5.32 Å². The molecular weight excluding hydrogens is 238 g/mol. The summed E-state index contributed by atoms with van der Waals surface area (Å²) in [6.07, 6.45) is 3.93. The predicted molar refractivity (Wildman–Crippen MR) is 70.1 cm³/mol. The largest absolute Gasteiger partial charge is 0.317 e. The van der Waals surface area contributed by atoms with Crippen LogP contribution in [-0.4, -0.2) is 44.9 Å². The van der Waals surface area contributed by atoms with Crippen molar-refractivity contribution in [2.24, 2.45) is 0 Å². The summed E-state index contributed by atoms with van der Waals surface area (Å²) in [5.74, 6) is 0. The Balaban J connectivity index is 2.49. The molecule has 0 atom stereocenters. The van der Waals surface area contributed by atoms with Gasteiger partial charge in [-0.2, -0.15) is 17.4 Å². The molecule has 0 spiro atoms. The minimum atomic E-state index is -3.28. The van der Waals surface area contributed by atoms with Gasteiger partial charge in [0, 0.05) is 25.2 Å². The maximum Gasteiger partial charge on any atom is 0.279 e. The Morgan fingerprint density at radius 1 is 1.06 bits per heavy atom. The topological polar surface area (TPSA) is 61.4 Å². The van der Waals surface area contributed by atoms with Gasteiger partial charge in [-0.15, -0.1) is 0 Å². The first-order chi connectivity index (χ1) is 8.03. The van der Waals surface area contributed by atoms with Crippen LogP contribution in [-0.2, 0) is 10.2 Å². The molecule has 17 heavy (non-hydrogen) atoms. The van der Waals surface area contributed by atoms with Crippen molar-refractivity contribution in [3.05, 3.63) is 0 Å². The first-order valence-electron chi connectivity index (χ1n) is 6.48. The number of nitrogens with zero attached hydrogens (tertiary/aromatic N) is 1. The molecule has 1 fully saturated rings. The van der Waals surface area contributed by atoms with Crippen LogP contribution in [0.4, 0.5) is 0 Å². The molecule has 102 valence electrons. The van der Waals surface area contributed by atoms with E-state index in [0.717, 1.165) is 25.7 Å². The van der Waals surface area contributed by atoms with Gasteiger partial charge in [-0.1, -0.05) is 13.8 Å². The van der Waals surface area contributed by atoms with E-state index in [0.29, 0.717) is 19.1 Å². The Bertz CT molecular complexity index is 307. The second kappa shape index (κ2) is 6.68. The Hall–Kier alpha value is -0.170. The molecule has 0 bridgehead atoms. The highest BCUT2D eigenvalue weighted by atomic mass is 32.2. The first kappa shape index (κ1) is 14.9. The lowest BCUT2D eigenvalue weighted by molar-refractivity contribution is 0.334. The summed E-state index contributed by atoms with van der Waals surface area (Å²) >= 11 is 0. The average Bonchev–Trinajstić information content (AvgIpc) is 2.30. The maximum atomic E-state index is 12.0. The van der Waals surface area contributed by atoms with E-state index in [4.69, 9.17) is 0 Å². The summed E-state index contributed by atoms with van der Waals surface area (Å²) in [6.45, 7) is 4.77. The number of nitrogens with one attached hydrogen (secondary N) is 2. The van der Waals surface area contributed by atoms with Crippen molar-refractivity contribution in [3.8, 4) is 0 Å². The fourth-order valence-electron chi connectivity index (χ4n) is 2.35. The third-order valence-corrected chi connectivity index (χ3v) is 5.32. The summed E-state index contributed by atoms with van der Waals surface area (Å²) in [7, 11) is -1.32. The smallest absolute Gasteiger partial charge is 0.279 e. The van der Waals surface area contributed by atoms with E-state index in [1.807, 2.05) is 20.9 Å². The molecule has 0 amide bonds. The van der Waals surface area contributed by atoms with Crippen LogP contribution in [0, 0.1) is 0 Å². The molecule has 0 saturated heterocycles. The molecule has 1 aliphatic rings. The standard InChI is InChI=1S/C11H25N3O2S/c1-4-14(5-2)17(15,16)13-11-8-6-10(12-3)7-9-11/h10-13H,4-9H2,1-3H3. The van der Waals surface area contributed by atoms with Crippen LogP contribution in [0.5, 0.6) is 0 Å². The second-order valence-corrected chi connectivity index (χ2v) is 6.25. The molecule has 0 aromatic carbocycles. The van der Waals surface area contributed by atoms with Crippen molar-refractivity contribution in [2.45, 2.75) is 51.6 Å². The van der Waals surface area contributed by atoms with Gasteiger partial charge in [-0.25, -0.2) is 0 Å². The van der Waals surface area contributed by atoms with E-state index in [2.05, 4.69) is 10.0 Å². The third kappa shape index (κ3) is 4.21. The van der Waals surface area contributed by atoms with E-state index < -0.39 is 10.2 Å². The summed E-state index contributed by atoms with van der Waals surface area (Å²) < 4.78 is 28.3. The van der Waals surface area contributed by atoms with Crippen molar-refractivity contribution in [1.82, 2.24) is 14.3 Å². The quantitative estimate of drug-likeness (QED) is 0.741. The Labute approximate surface area is 105 Å². The molecule has 6 heteroatoms. The molecule has 1 aliphatic carbocycles. The van der Waals surface area contributed by atoms with Crippen LogP contribution in [0.3, 0.4) is 0 Å². The van der Waals surface area contributed by atoms with Crippen LogP contribution in [0.2, 0.25) is 0 Å². The Kier molecular flexibility index (Phi) is 5.85. The van der Waals surface area contributed by atoms with Gasteiger partial charge in [0.2, 0.25) is 0 Å². The van der Waals surface area contributed by atoms with Crippen molar-refractivity contribution in [2.75, 3.05) is 20.1 Å². The summed E-state index contributed by atoms with van der Waals surface area (Å²) in [6, 6.07) is 0.648. The van der Waals surface area contributed by atoms with Gasteiger partial charge in [0.1, 0.15) is 0 Å². The summed E-state index contributed by atoms with van der Waals surface area (Å²) in [5, 5.41) is 3.24.